The second-order valence-electron chi connectivity index (χ2n) is 16.6. The predicted molar refractivity (Wildman–Crippen MR) is 277 cm³/mol. The van der Waals surface area contributed by atoms with Crippen LogP contribution >= 0.6 is 0 Å². The summed E-state index contributed by atoms with van der Waals surface area (Å²) < 4.78 is 52.9. The van der Waals surface area contributed by atoms with E-state index in [-0.39, 0.29) is 0 Å². The molecule has 0 amide bonds. The van der Waals surface area contributed by atoms with E-state index in [1.54, 1.807) is 6.08 Å². The Morgan fingerprint density at radius 1 is 0.308 bits per heavy atom. The molecule has 18 rings (SSSR count). The van der Waals surface area contributed by atoms with Crippen LogP contribution in [-0.4, -0.2) is 24.0 Å². The molecule has 4 nitrogen and oxygen atoms in total. The Kier molecular flexibility index (Phi) is 16.1. The SMILES string of the molecule is C=C/C1=C\C=C(/C)c2ccc(cc2)C[S+]([O-])Cc2ccc(cc2)-c2ccc(cc2)C[S+]([O-])Cc2ccc(cc2)-c2ccc(cc2)C[S+]([O-])Cc2ccc(cc2)-c2ccc(cc2)C[S+]([O-])C1. The van der Waals surface area contributed by atoms with E-state index in [1.165, 1.54) is 0 Å². The van der Waals surface area contributed by atoms with E-state index in [1.807, 2.05) is 48.6 Å². The van der Waals surface area contributed by atoms with Crippen molar-refractivity contribution in [2.24, 2.45) is 0 Å². The molecule has 7 aromatic carbocycles. The zero-order valence-electron chi connectivity index (χ0n) is 36.5. The van der Waals surface area contributed by atoms with Crippen molar-refractivity contribution < 1.29 is 18.2 Å². The van der Waals surface area contributed by atoms with Crippen LogP contribution in [0.2, 0.25) is 0 Å². The van der Waals surface area contributed by atoms with Gasteiger partial charge in [0.05, 0.1) is 0 Å². The Labute approximate surface area is 397 Å². The van der Waals surface area contributed by atoms with E-state index in [4.69, 9.17) is 0 Å². The molecule has 65 heavy (non-hydrogen) atoms. The minimum absolute atomic E-state index is 0.405. The van der Waals surface area contributed by atoms with Gasteiger partial charge < -0.3 is 18.2 Å². The Morgan fingerprint density at radius 3 is 0.723 bits per heavy atom. The van der Waals surface area contributed by atoms with Gasteiger partial charge in [0.2, 0.25) is 0 Å². The van der Waals surface area contributed by atoms with Crippen molar-refractivity contribution in [1.82, 2.24) is 0 Å². The lowest BCUT2D eigenvalue weighted by molar-refractivity contribution is 0.592. The zero-order chi connectivity index (χ0) is 45.1. The van der Waals surface area contributed by atoms with Crippen LogP contribution < -0.4 is 0 Å². The van der Waals surface area contributed by atoms with Gasteiger partial charge in [0.25, 0.3) is 0 Å². The van der Waals surface area contributed by atoms with Crippen LogP contribution in [0.3, 0.4) is 0 Å². The highest BCUT2D eigenvalue weighted by Crippen LogP contribution is 2.27. The molecule has 0 saturated heterocycles. The molecule has 8 heteroatoms. The molecule has 0 spiro atoms. The van der Waals surface area contributed by atoms with E-state index in [2.05, 4.69) is 147 Å². The summed E-state index contributed by atoms with van der Waals surface area (Å²) in [5.41, 5.74) is 16.7. The van der Waals surface area contributed by atoms with E-state index < -0.39 is 44.7 Å². The van der Waals surface area contributed by atoms with Gasteiger partial charge in [-0.3, -0.25) is 0 Å². The van der Waals surface area contributed by atoms with Crippen molar-refractivity contribution in [3.8, 4) is 33.4 Å². The second kappa shape index (κ2) is 22.5. The zero-order valence-corrected chi connectivity index (χ0v) is 39.8. The minimum Gasteiger partial charge on any atom is -0.616 e. The molecule has 14 bridgehead atoms. The summed E-state index contributed by atoms with van der Waals surface area (Å²) in [6, 6.07) is 57.7. The smallest absolute Gasteiger partial charge is 0.131 e. The molecule has 11 aliphatic heterocycles. The first-order valence-electron chi connectivity index (χ1n) is 21.7. The summed E-state index contributed by atoms with van der Waals surface area (Å²) >= 11 is -4.31. The fraction of sp³-hybridized carbons (Fsp3) is 0.158. The van der Waals surface area contributed by atoms with Crippen molar-refractivity contribution in [2.45, 2.75) is 47.2 Å². The Hall–Kier alpha value is -5.00. The first kappa shape index (κ1) is 46.5. The van der Waals surface area contributed by atoms with E-state index in [0.717, 1.165) is 89.0 Å². The largest absolute Gasteiger partial charge is 0.616 e. The van der Waals surface area contributed by atoms with Crippen molar-refractivity contribution in [1.29, 1.82) is 0 Å². The molecular weight excluding hydrogens is 877 g/mol. The van der Waals surface area contributed by atoms with Crippen molar-refractivity contribution in [2.75, 3.05) is 5.75 Å². The molecule has 4 atom stereocenters. The molecule has 0 radical (unpaired) electrons. The third kappa shape index (κ3) is 13.3. The van der Waals surface area contributed by atoms with Crippen LogP contribution in [0.25, 0.3) is 39.0 Å². The third-order valence-corrected chi connectivity index (χ3v) is 16.8. The summed E-state index contributed by atoms with van der Waals surface area (Å²) in [5.74, 6) is 3.71. The van der Waals surface area contributed by atoms with Gasteiger partial charge in [0.15, 0.2) is 0 Å². The molecule has 0 aromatic heterocycles. The first-order valence-corrected chi connectivity index (χ1v) is 27.6. The Morgan fingerprint density at radius 2 is 0.508 bits per heavy atom. The Balaban J connectivity index is 0.965. The maximum absolute atomic E-state index is 13.3. The molecular formula is C57H52O4S4. The van der Waals surface area contributed by atoms with Gasteiger partial charge >= 0.3 is 0 Å². The molecule has 0 saturated carbocycles. The van der Waals surface area contributed by atoms with Crippen molar-refractivity contribution >= 4 is 50.3 Å². The number of allylic oxidation sites excluding steroid dienone is 4. The van der Waals surface area contributed by atoms with Crippen LogP contribution in [0, 0.1) is 0 Å². The molecule has 0 N–H and O–H groups in total. The number of hydrogen-bond acceptors (Lipinski definition) is 4. The highest BCUT2D eigenvalue weighted by molar-refractivity contribution is 7.91. The number of rotatable bonds is 1. The van der Waals surface area contributed by atoms with Crippen LogP contribution in [0.1, 0.15) is 51.4 Å². The summed E-state index contributed by atoms with van der Waals surface area (Å²) in [7, 11) is 0. The molecule has 328 valence electrons. The number of benzene rings is 7. The first-order chi connectivity index (χ1) is 31.6. The average molecular weight is 929 g/mol. The monoisotopic (exact) mass is 928 g/mol. The van der Waals surface area contributed by atoms with E-state index in [9.17, 15) is 18.2 Å². The molecule has 0 aliphatic carbocycles. The second-order valence-corrected chi connectivity index (χ2v) is 22.4. The van der Waals surface area contributed by atoms with Crippen LogP contribution in [0.5, 0.6) is 0 Å². The molecule has 11 heterocycles. The van der Waals surface area contributed by atoms with Crippen LogP contribution in [0.15, 0.2) is 200 Å². The summed E-state index contributed by atoms with van der Waals surface area (Å²) in [6.45, 7) is 6.04. The predicted octanol–water partition coefficient (Wildman–Crippen LogP) is 12.8. The van der Waals surface area contributed by atoms with E-state index in [0.29, 0.717) is 46.0 Å². The highest BCUT2D eigenvalue weighted by atomic mass is 32.2. The fourth-order valence-electron chi connectivity index (χ4n) is 7.82. The third-order valence-electron chi connectivity index (χ3n) is 11.6. The fourth-order valence-corrected chi connectivity index (χ4v) is 12.8. The molecule has 4 unspecified atom stereocenters. The van der Waals surface area contributed by atoms with Crippen LogP contribution in [-0.2, 0) is 85.0 Å². The number of fused-ring (bicyclic) bond motifs is 1. The van der Waals surface area contributed by atoms with Gasteiger partial charge in [-0.25, -0.2) is 0 Å². The van der Waals surface area contributed by atoms with Crippen molar-refractivity contribution in [3.63, 3.8) is 0 Å². The summed E-state index contributed by atoms with van der Waals surface area (Å²) in [6.07, 6.45) is 5.81. The normalized spacial score (nSPS) is 20.5. The quantitative estimate of drug-likeness (QED) is 0.153. The summed E-state index contributed by atoms with van der Waals surface area (Å²) in [4.78, 5) is 0. The van der Waals surface area contributed by atoms with Crippen LogP contribution in [0.4, 0.5) is 0 Å². The lowest BCUT2D eigenvalue weighted by Gasteiger charge is -2.14. The Bertz CT molecular complexity index is 2690. The molecule has 7 aromatic rings. The molecule has 11 aliphatic rings. The van der Waals surface area contributed by atoms with Crippen molar-refractivity contribution in [3.05, 3.63) is 245 Å². The van der Waals surface area contributed by atoms with Gasteiger partial charge in [0, 0.05) is 44.5 Å². The highest BCUT2D eigenvalue weighted by Gasteiger charge is 2.15. The van der Waals surface area contributed by atoms with Gasteiger partial charge in [-0.2, -0.15) is 0 Å². The minimum atomic E-state index is -1.12. The maximum atomic E-state index is 13.3. The van der Waals surface area contributed by atoms with E-state index >= 15 is 0 Å². The summed E-state index contributed by atoms with van der Waals surface area (Å²) in [5, 5.41) is 0. The van der Waals surface area contributed by atoms with Gasteiger partial charge in [-0.15, -0.1) is 0 Å². The van der Waals surface area contributed by atoms with Gasteiger partial charge in [-0.05, 0) is 96.1 Å². The average Bonchev–Trinajstić information content (AvgIpc) is 3.32. The number of hydrogen-bond donors (Lipinski definition) is 0. The lowest BCUT2D eigenvalue weighted by Crippen LogP contribution is -2.10. The van der Waals surface area contributed by atoms with Gasteiger partial charge in [-0.1, -0.05) is 195 Å². The topological polar surface area (TPSA) is 92.2 Å². The standard InChI is InChI=1S/C57H52O4S4/c1-3-43-5-4-42(2)51-20-6-44(7-21-51)36-63(59)37-46-10-24-54(25-11-46)55-28-14-48(15-29-55)40-65(61)41-50-18-32-57(33-19-50)56-30-16-49(17-31-56)39-64(60)38-47-12-26-53(27-13-47)52-22-8-45(9-23-52)35-62(58)34-43/h3-33H,1,34-41H2,2H3/b42-4+,43-5+. The maximum Gasteiger partial charge on any atom is 0.131 e. The van der Waals surface area contributed by atoms with Gasteiger partial charge in [0.1, 0.15) is 46.0 Å². The lowest BCUT2D eigenvalue weighted by atomic mass is 10.0. The molecule has 0 fully saturated rings.